The first kappa shape index (κ1) is 17.5. The van der Waals surface area contributed by atoms with Gasteiger partial charge in [0.05, 0.1) is 16.8 Å². The van der Waals surface area contributed by atoms with E-state index in [1.807, 2.05) is 18.2 Å². The van der Waals surface area contributed by atoms with Crippen LogP contribution >= 0.6 is 23.4 Å². The monoisotopic (exact) mass is 387 g/mol. The van der Waals surface area contributed by atoms with E-state index in [2.05, 4.69) is 9.97 Å². The molecule has 0 aliphatic heterocycles. The molecule has 3 aromatic heterocycles. The average molecular weight is 388 g/mol. The zero-order chi connectivity index (χ0) is 18.1. The first-order valence-electron chi connectivity index (χ1n) is 8.54. The van der Waals surface area contributed by atoms with Gasteiger partial charge in [-0.2, -0.15) is 0 Å². The zero-order valence-electron chi connectivity index (χ0n) is 14.2. The number of aliphatic hydroxyl groups is 1. The van der Waals surface area contributed by atoms with Crippen molar-refractivity contribution in [1.29, 1.82) is 0 Å². The molecule has 1 unspecified atom stereocenters. The molecule has 1 saturated carbocycles. The third-order valence-corrected chi connectivity index (χ3v) is 5.59. The first-order chi connectivity index (χ1) is 12.6. The van der Waals surface area contributed by atoms with Crippen molar-refractivity contribution in [3.8, 4) is 11.3 Å². The molecule has 0 spiro atoms. The van der Waals surface area contributed by atoms with Crippen molar-refractivity contribution in [1.82, 2.24) is 15.0 Å². The fourth-order valence-corrected chi connectivity index (χ4v) is 3.64. The molecule has 0 amide bonds. The molecule has 0 bridgehead atoms. The minimum atomic E-state index is -0.598. The molecule has 26 heavy (non-hydrogen) atoms. The number of halogens is 1. The molecule has 5 nitrogen and oxygen atoms in total. The number of hydrogen-bond donors (Lipinski definition) is 1. The summed E-state index contributed by atoms with van der Waals surface area (Å²) in [4.78, 5) is 13.4. The van der Waals surface area contributed by atoms with Gasteiger partial charge < -0.3 is 9.52 Å². The maximum atomic E-state index is 9.65. The summed E-state index contributed by atoms with van der Waals surface area (Å²) in [6.45, 7) is 1.69. The highest BCUT2D eigenvalue weighted by atomic mass is 35.5. The van der Waals surface area contributed by atoms with Gasteiger partial charge in [-0.3, -0.25) is 4.98 Å². The van der Waals surface area contributed by atoms with Crippen LogP contribution in [0.3, 0.4) is 0 Å². The highest BCUT2D eigenvalue weighted by Crippen LogP contribution is 2.42. The lowest BCUT2D eigenvalue weighted by Gasteiger charge is -2.21. The van der Waals surface area contributed by atoms with E-state index in [-0.39, 0.29) is 0 Å². The van der Waals surface area contributed by atoms with E-state index in [4.69, 9.17) is 21.0 Å². The van der Waals surface area contributed by atoms with Crippen LogP contribution in [0.1, 0.15) is 49.8 Å². The molecule has 0 saturated heterocycles. The van der Waals surface area contributed by atoms with E-state index < -0.39 is 6.10 Å². The fraction of sp³-hybridized carbons (Fsp3) is 0.316. The second-order valence-electron chi connectivity index (χ2n) is 6.38. The topological polar surface area (TPSA) is 72.0 Å². The van der Waals surface area contributed by atoms with Gasteiger partial charge >= 0.3 is 0 Å². The van der Waals surface area contributed by atoms with Gasteiger partial charge in [0, 0.05) is 23.9 Å². The predicted molar refractivity (Wildman–Crippen MR) is 100 cm³/mol. The van der Waals surface area contributed by atoms with Crippen LogP contribution in [0.5, 0.6) is 0 Å². The van der Waals surface area contributed by atoms with E-state index >= 15 is 0 Å². The van der Waals surface area contributed by atoms with Gasteiger partial charge in [-0.1, -0.05) is 18.0 Å². The summed E-state index contributed by atoms with van der Waals surface area (Å²) in [5.74, 6) is 1.17. The number of nitrogens with zero attached hydrogens (tertiary/aromatic N) is 3. The van der Waals surface area contributed by atoms with Crippen LogP contribution in [-0.2, 0) is 0 Å². The number of aromatic nitrogens is 3. The van der Waals surface area contributed by atoms with Crippen LogP contribution in [-0.4, -0.2) is 20.1 Å². The van der Waals surface area contributed by atoms with Crippen LogP contribution in [0.4, 0.5) is 0 Å². The smallest absolute Gasteiger partial charge is 0.199 e. The summed E-state index contributed by atoms with van der Waals surface area (Å²) in [5, 5.41) is 11.7. The van der Waals surface area contributed by atoms with Crippen LogP contribution < -0.4 is 0 Å². The highest BCUT2D eigenvalue weighted by molar-refractivity contribution is 7.99. The number of aliphatic hydroxyl groups excluding tert-OH is 1. The number of oxazole rings is 1. The Bertz CT molecular complexity index is 890. The van der Waals surface area contributed by atoms with Gasteiger partial charge in [-0.25, -0.2) is 9.97 Å². The second kappa shape index (κ2) is 7.39. The quantitative estimate of drug-likeness (QED) is 0.644. The Kier molecular flexibility index (Phi) is 4.98. The van der Waals surface area contributed by atoms with E-state index in [9.17, 15) is 5.11 Å². The largest absolute Gasteiger partial charge is 0.433 e. The lowest BCUT2D eigenvalue weighted by Crippen LogP contribution is -2.08. The van der Waals surface area contributed by atoms with Crippen LogP contribution in [0.15, 0.2) is 51.2 Å². The predicted octanol–water partition coefficient (Wildman–Crippen LogP) is 5.26. The molecule has 3 aromatic rings. The summed E-state index contributed by atoms with van der Waals surface area (Å²) < 4.78 is 6.09. The molecule has 1 aliphatic rings. The number of hydrogen-bond acceptors (Lipinski definition) is 6. The lowest BCUT2D eigenvalue weighted by molar-refractivity contribution is 0.194. The van der Waals surface area contributed by atoms with Crippen molar-refractivity contribution in [3.05, 3.63) is 53.3 Å². The standard InChI is InChI=1S/C19H18ClN3O2S/c1-11(24)15-7-5-13(9-21-15)17-19(25-18(23-17)12-3-2-4-12)26-16-8-6-14(20)10-22-16/h5-12,24H,2-4H2,1H3. The number of pyridine rings is 2. The Morgan fingerprint density at radius 2 is 2.04 bits per heavy atom. The van der Waals surface area contributed by atoms with Crippen LogP contribution in [0, 0.1) is 0 Å². The molecule has 0 radical (unpaired) electrons. The maximum Gasteiger partial charge on any atom is 0.199 e. The van der Waals surface area contributed by atoms with Crippen molar-refractivity contribution >= 4 is 23.4 Å². The number of rotatable bonds is 5. The van der Waals surface area contributed by atoms with Crippen molar-refractivity contribution in [2.24, 2.45) is 0 Å². The fourth-order valence-electron chi connectivity index (χ4n) is 2.71. The SMILES string of the molecule is CC(O)c1ccc(-c2nc(C3CCC3)oc2Sc2ccc(Cl)cn2)cn1. The summed E-state index contributed by atoms with van der Waals surface area (Å²) in [6.07, 6.45) is 6.19. The van der Waals surface area contributed by atoms with Crippen molar-refractivity contribution in [2.45, 2.75) is 48.3 Å². The van der Waals surface area contributed by atoms with Crippen molar-refractivity contribution in [3.63, 3.8) is 0 Å². The zero-order valence-corrected chi connectivity index (χ0v) is 15.8. The normalized spacial score (nSPS) is 15.7. The van der Waals surface area contributed by atoms with Gasteiger partial charge in [0.25, 0.3) is 0 Å². The molecule has 1 fully saturated rings. The van der Waals surface area contributed by atoms with Crippen LogP contribution in [0.25, 0.3) is 11.3 Å². The average Bonchev–Trinajstić information content (AvgIpc) is 2.98. The van der Waals surface area contributed by atoms with Gasteiger partial charge in [0.1, 0.15) is 10.7 Å². The molecular formula is C19H18ClN3O2S. The Morgan fingerprint density at radius 3 is 2.62 bits per heavy atom. The van der Waals surface area contributed by atoms with Crippen LogP contribution in [0.2, 0.25) is 5.02 Å². The second-order valence-corrected chi connectivity index (χ2v) is 7.81. The van der Waals surface area contributed by atoms with Gasteiger partial charge in [0.15, 0.2) is 11.0 Å². The molecule has 1 atom stereocenters. The van der Waals surface area contributed by atoms with Gasteiger partial charge in [-0.15, -0.1) is 0 Å². The van der Waals surface area contributed by atoms with Crippen molar-refractivity contribution < 1.29 is 9.52 Å². The van der Waals surface area contributed by atoms with E-state index in [0.717, 1.165) is 35.0 Å². The first-order valence-corrected chi connectivity index (χ1v) is 9.74. The molecule has 3 heterocycles. The summed E-state index contributed by atoms with van der Waals surface area (Å²) in [5.41, 5.74) is 2.25. The molecule has 1 N–H and O–H groups in total. The lowest BCUT2D eigenvalue weighted by atomic mass is 9.85. The maximum absolute atomic E-state index is 9.65. The van der Waals surface area contributed by atoms with E-state index in [1.165, 1.54) is 18.2 Å². The Labute approximate surface area is 160 Å². The van der Waals surface area contributed by atoms with E-state index in [0.29, 0.717) is 21.7 Å². The van der Waals surface area contributed by atoms with Gasteiger partial charge in [0.2, 0.25) is 0 Å². The van der Waals surface area contributed by atoms with Gasteiger partial charge in [-0.05, 0) is 55.8 Å². The molecular weight excluding hydrogens is 370 g/mol. The third-order valence-electron chi connectivity index (χ3n) is 4.45. The third kappa shape index (κ3) is 3.63. The molecule has 7 heteroatoms. The molecule has 1 aliphatic carbocycles. The van der Waals surface area contributed by atoms with E-state index in [1.54, 1.807) is 25.4 Å². The minimum Gasteiger partial charge on any atom is -0.433 e. The Hall–Kier alpha value is -1.89. The summed E-state index contributed by atoms with van der Waals surface area (Å²) in [7, 11) is 0. The summed E-state index contributed by atoms with van der Waals surface area (Å²) >= 11 is 7.34. The molecule has 134 valence electrons. The molecule has 4 rings (SSSR count). The Morgan fingerprint density at radius 1 is 1.19 bits per heavy atom. The Balaban J connectivity index is 1.69. The molecule has 0 aromatic carbocycles. The van der Waals surface area contributed by atoms with Crippen molar-refractivity contribution in [2.75, 3.05) is 0 Å². The highest BCUT2D eigenvalue weighted by Gasteiger charge is 2.27. The minimum absolute atomic E-state index is 0.394. The summed E-state index contributed by atoms with van der Waals surface area (Å²) in [6, 6.07) is 7.39.